The van der Waals surface area contributed by atoms with Crippen LogP contribution < -0.4 is 4.74 Å². The lowest BCUT2D eigenvalue weighted by Gasteiger charge is -2.22. The standard InChI is InChI=1S/C28H24O5/c29-21-10-5-17(6-11-21)4-7-18-2-1-3-25-26(18)27(20-14-23(31)16-24(32)15-20)28(33-25)19-8-12-22(30)13-9-19/h1-3,5-6,8-16,27-32H,4,7H2. The molecule has 1 heterocycles. The van der Waals surface area contributed by atoms with Gasteiger partial charge in [-0.3, -0.25) is 0 Å². The molecule has 0 aliphatic carbocycles. The average molecular weight is 440 g/mol. The highest BCUT2D eigenvalue weighted by Gasteiger charge is 2.38. The van der Waals surface area contributed by atoms with Crippen molar-refractivity contribution in [1.29, 1.82) is 0 Å². The molecular weight excluding hydrogens is 416 g/mol. The van der Waals surface area contributed by atoms with Crippen molar-refractivity contribution < 1.29 is 25.2 Å². The number of aromatic hydroxyl groups is 4. The van der Waals surface area contributed by atoms with E-state index in [9.17, 15) is 20.4 Å². The van der Waals surface area contributed by atoms with Crippen molar-refractivity contribution in [3.8, 4) is 28.7 Å². The smallest absolute Gasteiger partial charge is 0.135 e. The number of benzene rings is 4. The summed E-state index contributed by atoms with van der Waals surface area (Å²) >= 11 is 0. The normalized spacial score (nSPS) is 16.8. The Labute approximate surface area is 191 Å². The summed E-state index contributed by atoms with van der Waals surface area (Å²) < 4.78 is 6.41. The van der Waals surface area contributed by atoms with Crippen LogP contribution >= 0.6 is 0 Å². The first-order chi connectivity index (χ1) is 16.0. The molecule has 0 radical (unpaired) electrons. The Morgan fingerprint density at radius 1 is 0.606 bits per heavy atom. The van der Waals surface area contributed by atoms with E-state index in [4.69, 9.17) is 4.74 Å². The van der Waals surface area contributed by atoms with Crippen molar-refractivity contribution in [2.45, 2.75) is 24.9 Å². The van der Waals surface area contributed by atoms with Crippen LogP contribution in [0.4, 0.5) is 0 Å². The topological polar surface area (TPSA) is 90.2 Å². The zero-order valence-corrected chi connectivity index (χ0v) is 17.8. The average Bonchev–Trinajstić information content (AvgIpc) is 3.19. The van der Waals surface area contributed by atoms with Gasteiger partial charge in [-0.25, -0.2) is 0 Å². The molecule has 1 aliphatic heterocycles. The molecule has 0 saturated heterocycles. The maximum absolute atomic E-state index is 10.2. The lowest BCUT2D eigenvalue weighted by atomic mass is 9.82. The van der Waals surface area contributed by atoms with Gasteiger partial charge in [-0.2, -0.15) is 0 Å². The Morgan fingerprint density at radius 2 is 1.24 bits per heavy atom. The quantitative estimate of drug-likeness (QED) is 0.326. The fourth-order valence-corrected chi connectivity index (χ4v) is 4.62. The lowest BCUT2D eigenvalue weighted by Crippen LogP contribution is -2.12. The van der Waals surface area contributed by atoms with Crippen LogP contribution in [0.1, 0.15) is 39.8 Å². The predicted octanol–water partition coefficient (Wildman–Crippen LogP) is 5.56. The Kier molecular flexibility index (Phi) is 5.31. The van der Waals surface area contributed by atoms with Crippen LogP contribution in [0, 0.1) is 0 Å². The number of fused-ring (bicyclic) bond motifs is 1. The van der Waals surface area contributed by atoms with Crippen molar-refractivity contribution in [3.63, 3.8) is 0 Å². The third kappa shape index (κ3) is 4.17. The summed E-state index contributed by atoms with van der Waals surface area (Å²) in [6.07, 6.45) is 1.18. The van der Waals surface area contributed by atoms with Crippen molar-refractivity contribution in [2.75, 3.05) is 0 Å². The number of phenols is 4. The number of hydrogen-bond acceptors (Lipinski definition) is 5. The van der Waals surface area contributed by atoms with E-state index in [0.29, 0.717) is 0 Å². The van der Waals surface area contributed by atoms with Gasteiger partial charge in [-0.15, -0.1) is 0 Å². The summed E-state index contributed by atoms with van der Waals surface area (Å²) in [6, 6.07) is 24.8. The van der Waals surface area contributed by atoms with Crippen LogP contribution in [0.2, 0.25) is 0 Å². The summed E-state index contributed by atoms with van der Waals surface area (Å²) in [6.45, 7) is 0. The van der Waals surface area contributed by atoms with E-state index in [1.54, 1.807) is 36.4 Å². The Morgan fingerprint density at radius 3 is 1.91 bits per heavy atom. The summed E-state index contributed by atoms with van der Waals surface area (Å²) in [5.74, 6) is 0.917. The van der Waals surface area contributed by atoms with E-state index in [2.05, 4.69) is 6.07 Å². The third-order valence-corrected chi connectivity index (χ3v) is 6.15. The maximum Gasteiger partial charge on any atom is 0.135 e. The molecule has 1 aliphatic rings. The van der Waals surface area contributed by atoms with Crippen molar-refractivity contribution in [2.24, 2.45) is 0 Å². The Balaban J connectivity index is 1.57. The molecular formula is C28H24O5. The molecule has 0 fully saturated rings. The first-order valence-corrected chi connectivity index (χ1v) is 10.9. The van der Waals surface area contributed by atoms with E-state index in [0.717, 1.165) is 46.4 Å². The Bertz CT molecular complexity index is 1260. The number of aryl methyl sites for hydroxylation is 2. The van der Waals surface area contributed by atoms with Crippen LogP contribution in [0.5, 0.6) is 28.7 Å². The van der Waals surface area contributed by atoms with E-state index in [1.165, 1.54) is 6.07 Å². The molecule has 0 saturated carbocycles. The van der Waals surface area contributed by atoms with Crippen LogP contribution in [0.3, 0.4) is 0 Å². The van der Waals surface area contributed by atoms with Gasteiger partial charge in [-0.1, -0.05) is 36.4 Å². The molecule has 5 rings (SSSR count). The summed E-state index contributed by atoms with van der Waals surface area (Å²) in [7, 11) is 0. The van der Waals surface area contributed by atoms with E-state index < -0.39 is 0 Å². The highest BCUT2D eigenvalue weighted by Crippen LogP contribution is 2.52. The van der Waals surface area contributed by atoms with Crippen LogP contribution in [-0.2, 0) is 12.8 Å². The van der Waals surface area contributed by atoms with Gasteiger partial charge in [0.1, 0.15) is 34.9 Å². The number of phenolic OH excluding ortho intramolecular Hbond substituents is 4. The van der Waals surface area contributed by atoms with E-state index >= 15 is 0 Å². The summed E-state index contributed by atoms with van der Waals surface area (Å²) in [5, 5.41) is 39.7. The number of hydrogen-bond donors (Lipinski definition) is 4. The van der Waals surface area contributed by atoms with Gasteiger partial charge >= 0.3 is 0 Å². The number of rotatable bonds is 5. The molecule has 5 heteroatoms. The maximum atomic E-state index is 10.2. The van der Waals surface area contributed by atoms with Crippen molar-refractivity contribution in [3.05, 3.63) is 113 Å². The molecule has 0 bridgehead atoms. The van der Waals surface area contributed by atoms with Gasteiger partial charge in [-0.05, 0) is 77.6 Å². The van der Waals surface area contributed by atoms with Crippen LogP contribution in [0.15, 0.2) is 84.9 Å². The highest BCUT2D eigenvalue weighted by molar-refractivity contribution is 5.55. The fourth-order valence-electron chi connectivity index (χ4n) is 4.62. The minimum atomic E-state index is -0.378. The van der Waals surface area contributed by atoms with Crippen LogP contribution in [-0.4, -0.2) is 20.4 Å². The van der Waals surface area contributed by atoms with Gasteiger partial charge in [0.05, 0.1) is 5.92 Å². The van der Waals surface area contributed by atoms with E-state index in [1.807, 2.05) is 36.4 Å². The highest BCUT2D eigenvalue weighted by atomic mass is 16.5. The minimum absolute atomic E-state index is 0.00974. The second-order valence-corrected chi connectivity index (χ2v) is 8.39. The second kappa shape index (κ2) is 8.43. The van der Waals surface area contributed by atoms with Crippen LogP contribution in [0.25, 0.3) is 0 Å². The molecule has 5 nitrogen and oxygen atoms in total. The van der Waals surface area contributed by atoms with Crippen molar-refractivity contribution in [1.82, 2.24) is 0 Å². The zero-order valence-electron chi connectivity index (χ0n) is 17.8. The second-order valence-electron chi connectivity index (χ2n) is 8.39. The Hall–Kier alpha value is -4.12. The molecule has 0 aromatic heterocycles. The van der Waals surface area contributed by atoms with Crippen molar-refractivity contribution >= 4 is 0 Å². The molecule has 0 spiro atoms. The van der Waals surface area contributed by atoms with Gasteiger partial charge < -0.3 is 25.2 Å². The molecule has 166 valence electrons. The van der Waals surface area contributed by atoms with Gasteiger partial charge in [0, 0.05) is 11.6 Å². The van der Waals surface area contributed by atoms with Gasteiger partial charge in [0.15, 0.2) is 0 Å². The summed E-state index contributed by atoms with van der Waals surface area (Å²) in [5.41, 5.74) is 4.91. The largest absolute Gasteiger partial charge is 0.508 e. The van der Waals surface area contributed by atoms with Gasteiger partial charge in [0.2, 0.25) is 0 Å². The number of ether oxygens (including phenoxy) is 1. The molecule has 4 aromatic rings. The summed E-state index contributed by atoms with van der Waals surface area (Å²) in [4.78, 5) is 0. The molecule has 2 unspecified atom stereocenters. The first kappa shape index (κ1) is 20.8. The SMILES string of the molecule is Oc1ccc(CCc2cccc3c2C(c2cc(O)cc(O)c2)C(c2ccc(O)cc2)O3)cc1. The first-order valence-electron chi connectivity index (χ1n) is 10.9. The molecule has 0 amide bonds. The molecule has 4 aromatic carbocycles. The molecule has 33 heavy (non-hydrogen) atoms. The monoisotopic (exact) mass is 440 g/mol. The van der Waals surface area contributed by atoms with Gasteiger partial charge in [0.25, 0.3) is 0 Å². The predicted molar refractivity (Wildman–Crippen MR) is 125 cm³/mol. The molecule has 4 N–H and O–H groups in total. The fraction of sp³-hybridized carbons (Fsp3) is 0.143. The minimum Gasteiger partial charge on any atom is -0.508 e. The molecule has 2 atom stereocenters. The third-order valence-electron chi connectivity index (χ3n) is 6.15. The lowest BCUT2D eigenvalue weighted by molar-refractivity contribution is 0.222. The zero-order chi connectivity index (χ0) is 22.9. The van der Waals surface area contributed by atoms with E-state index in [-0.39, 0.29) is 35.0 Å².